The first-order valence-corrected chi connectivity index (χ1v) is 5.92. The number of carbonyl (C=O) groups is 1. The largest absolute Gasteiger partial charge is 0.385 e. The minimum Gasteiger partial charge on any atom is -0.385 e. The van der Waals surface area contributed by atoms with Crippen LogP contribution in [0.2, 0.25) is 0 Å². The third-order valence-electron chi connectivity index (χ3n) is 2.71. The maximum Gasteiger partial charge on any atom is 0.251 e. The van der Waals surface area contributed by atoms with E-state index >= 15 is 0 Å². The molecule has 0 saturated carbocycles. The van der Waals surface area contributed by atoms with Crippen LogP contribution in [0.1, 0.15) is 16.8 Å². The molecule has 0 fully saturated rings. The highest BCUT2D eigenvalue weighted by molar-refractivity contribution is 5.98. The molecule has 1 amide bonds. The van der Waals surface area contributed by atoms with E-state index in [-0.39, 0.29) is 5.91 Å². The molecule has 2 aromatic rings. The van der Waals surface area contributed by atoms with Crippen molar-refractivity contribution in [2.45, 2.75) is 6.42 Å². The van der Waals surface area contributed by atoms with Crippen LogP contribution in [0.25, 0.3) is 10.8 Å². The molecular weight excluding hydrogens is 228 g/mol. The van der Waals surface area contributed by atoms with Gasteiger partial charge in [-0.15, -0.1) is 0 Å². The molecule has 0 atom stereocenters. The van der Waals surface area contributed by atoms with Gasteiger partial charge in [-0.05, 0) is 30.0 Å². The standard InChI is InChI=1S/C14H16N2O2/c1-18-8-2-6-16-14(17)12-3-4-13-10-15-7-5-11(13)9-12/h3-5,7,9-10H,2,6,8H2,1H3,(H,16,17). The number of rotatable bonds is 5. The van der Waals surface area contributed by atoms with Crippen molar-refractivity contribution in [2.24, 2.45) is 0 Å². The fourth-order valence-electron chi connectivity index (χ4n) is 1.75. The van der Waals surface area contributed by atoms with Crippen molar-refractivity contribution >= 4 is 16.7 Å². The number of aromatic nitrogens is 1. The second kappa shape index (κ2) is 6.12. The minimum atomic E-state index is -0.0511. The number of carbonyl (C=O) groups excluding carboxylic acids is 1. The van der Waals surface area contributed by atoms with Gasteiger partial charge >= 0.3 is 0 Å². The van der Waals surface area contributed by atoms with Crippen molar-refractivity contribution in [3.63, 3.8) is 0 Å². The third kappa shape index (κ3) is 3.05. The number of ether oxygens (including phenoxy) is 1. The number of hydrogen-bond acceptors (Lipinski definition) is 3. The Morgan fingerprint density at radius 3 is 3.06 bits per heavy atom. The number of benzene rings is 1. The Bertz CT molecular complexity index is 540. The van der Waals surface area contributed by atoms with E-state index in [9.17, 15) is 4.79 Å². The van der Waals surface area contributed by atoms with Crippen molar-refractivity contribution in [1.82, 2.24) is 10.3 Å². The van der Waals surface area contributed by atoms with Crippen LogP contribution >= 0.6 is 0 Å². The van der Waals surface area contributed by atoms with E-state index in [0.717, 1.165) is 17.2 Å². The lowest BCUT2D eigenvalue weighted by molar-refractivity contribution is 0.0949. The van der Waals surface area contributed by atoms with E-state index in [0.29, 0.717) is 18.7 Å². The molecule has 0 aliphatic heterocycles. The molecule has 1 aromatic carbocycles. The summed E-state index contributed by atoms with van der Waals surface area (Å²) < 4.78 is 4.93. The molecule has 0 spiro atoms. The summed E-state index contributed by atoms with van der Waals surface area (Å²) in [5, 5.41) is 4.92. The van der Waals surface area contributed by atoms with Gasteiger partial charge in [-0.3, -0.25) is 9.78 Å². The lowest BCUT2D eigenvalue weighted by Gasteiger charge is -2.05. The van der Waals surface area contributed by atoms with Gasteiger partial charge in [0, 0.05) is 43.6 Å². The SMILES string of the molecule is COCCCNC(=O)c1ccc2cnccc2c1. The number of nitrogens with one attached hydrogen (secondary N) is 1. The van der Waals surface area contributed by atoms with Crippen molar-refractivity contribution in [1.29, 1.82) is 0 Å². The summed E-state index contributed by atoms with van der Waals surface area (Å²) >= 11 is 0. The van der Waals surface area contributed by atoms with Gasteiger partial charge in [0.05, 0.1) is 0 Å². The smallest absolute Gasteiger partial charge is 0.251 e. The highest BCUT2D eigenvalue weighted by Gasteiger charge is 2.05. The van der Waals surface area contributed by atoms with E-state index < -0.39 is 0 Å². The van der Waals surface area contributed by atoms with Crippen LogP contribution in [-0.4, -0.2) is 31.2 Å². The summed E-state index contributed by atoms with van der Waals surface area (Å²) in [5.74, 6) is -0.0511. The molecule has 0 unspecified atom stereocenters. The van der Waals surface area contributed by atoms with Gasteiger partial charge in [-0.25, -0.2) is 0 Å². The Balaban J connectivity index is 2.04. The van der Waals surface area contributed by atoms with Gasteiger partial charge in [0.15, 0.2) is 0 Å². The van der Waals surface area contributed by atoms with Gasteiger partial charge in [-0.1, -0.05) is 6.07 Å². The van der Waals surface area contributed by atoms with E-state index in [1.165, 1.54) is 0 Å². The van der Waals surface area contributed by atoms with Gasteiger partial charge < -0.3 is 10.1 Å². The maximum atomic E-state index is 11.9. The summed E-state index contributed by atoms with van der Waals surface area (Å²) in [6.45, 7) is 1.28. The molecular formula is C14H16N2O2. The summed E-state index contributed by atoms with van der Waals surface area (Å²) in [6.07, 6.45) is 4.33. The topological polar surface area (TPSA) is 51.2 Å². The van der Waals surface area contributed by atoms with E-state index in [1.54, 1.807) is 19.5 Å². The first-order valence-electron chi connectivity index (χ1n) is 5.92. The third-order valence-corrected chi connectivity index (χ3v) is 2.71. The molecule has 18 heavy (non-hydrogen) atoms. The second-order valence-electron chi connectivity index (χ2n) is 4.04. The summed E-state index contributed by atoms with van der Waals surface area (Å²) in [6, 6.07) is 7.50. The molecule has 4 heteroatoms. The first-order chi connectivity index (χ1) is 8.81. The Kier molecular flexibility index (Phi) is 4.25. The van der Waals surface area contributed by atoms with E-state index in [1.807, 2.05) is 24.3 Å². The zero-order chi connectivity index (χ0) is 12.8. The Morgan fingerprint density at radius 2 is 2.22 bits per heavy atom. The van der Waals surface area contributed by atoms with Crippen molar-refractivity contribution in [3.05, 3.63) is 42.2 Å². The number of hydrogen-bond donors (Lipinski definition) is 1. The fourth-order valence-corrected chi connectivity index (χ4v) is 1.75. The number of methoxy groups -OCH3 is 1. The lowest BCUT2D eigenvalue weighted by Crippen LogP contribution is -2.25. The van der Waals surface area contributed by atoms with Crippen molar-refractivity contribution in [3.8, 4) is 0 Å². The van der Waals surface area contributed by atoms with Crippen LogP contribution in [-0.2, 0) is 4.74 Å². The molecule has 0 aliphatic carbocycles. The number of nitrogens with zero attached hydrogens (tertiary/aromatic N) is 1. The summed E-state index contributed by atoms with van der Waals surface area (Å²) in [4.78, 5) is 15.9. The molecule has 94 valence electrons. The van der Waals surface area contributed by atoms with Crippen LogP contribution in [0.3, 0.4) is 0 Å². The van der Waals surface area contributed by atoms with Crippen molar-refractivity contribution < 1.29 is 9.53 Å². The normalized spacial score (nSPS) is 10.5. The predicted octanol–water partition coefficient (Wildman–Crippen LogP) is 2.00. The molecule has 4 nitrogen and oxygen atoms in total. The summed E-state index contributed by atoms with van der Waals surface area (Å²) in [5.41, 5.74) is 0.672. The van der Waals surface area contributed by atoms with Crippen LogP contribution in [0.5, 0.6) is 0 Å². The van der Waals surface area contributed by atoms with E-state index in [4.69, 9.17) is 4.74 Å². The number of fused-ring (bicyclic) bond motifs is 1. The molecule has 0 radical (unpaired) electrons. The van der Waals surface area contributed by atoms with Gasteiger partial charge in [0.25, 0.3) is 5.91 Å². The zero-order valence-corrected chi connectivity index (χ0v) is 10.3. The summed E-state index contributed by atoms with van der Waals surface area (Å²) in [7, 11) is 1.65. The molecule has 2 rings (SSSR count). The Labute approximate surface area is 106 Å². The molecule has 0 saturated heterocycles. The molecule has 1 N–H and O–H groups in total. The second-order valence-corrected chi connectivity index (χ2v) is 4.04. The van der Waals surface area contributed by atoms with Gasteiger partial charge in [0.2, 0.25) is 0 Å². The molecule has 1 aromatic heterocycles. The molecule has 0 bridgehead atoms. The molecule has 1 heterocycles. The zero-order valence-electron chi connectivity index (χ0n) is 10.3. The quantitative estimate of drug-likeness (QED) is 0.818. The highest BCUT2D eigenvalue weighted by Crippen LogP contribution is 2.14. The lowest BCUT2D eigenvalue weighted by atomic mass is 10.1. The Morgan fingerprint density at radius 1 is 1.33 bits per heavy atom. The van der Waals surface area contributed by atoms with Gasteiger partial charge in [-0.2, -0.15) is 0 Å². The predicted molar refractivity (Wildman–Crippen MR) is 70.6 cm³/mol. The average Bonchev–Trinajstić information content (AvgIpc) is 2.43. The number of amides is 1. The van der Waals surface area contributed by atoms with Crippen LogP contribution in [0, 0.1) is 0 Å². The number of pyridine rings is 1. The molecule has 0 aliphatic rings. The van der Waals surface area contributed by atoms with Crippen LogP contribution in [0.4, 0.5) is 0 Å². The van der Waals surface area contributed by atoms with Crippen LogP contribution < -0.4 is 5.32 Å². The van der Waals surface area contributed by atoms with E-state index in [2.05, 4.69) is 10.3 Å². The maximum absolute atomic E-state index is 11.9. The fraction of sp³-hybridized carbons (Fsp3) is 0.286. The minimum absolute atomic E-state index is 0.0511. The first kappa shape index (κ1) is 12.5. The van der Waals surface area contributed by atoms with Crippen LogP contribution in [0.15, 0.2) is 36.7 Å². The van der Waals surface area contributed by atoms with Crippen molar-refractivity contribution in [2.75, 3.05) is 20.3 Å². The Hall–Kier alpha value is -1.94. The average molecular weight is 244 g/mol. The monoisotopic (exact) mass is 244 g/mol. The highest BCUT2D eigenvalue weighted by atomic mass is 16.5. The van der Waals surface area contributed by atoms with Gasteiger partial charge in [0.1, 0.15) is 0 Å².